The summed E-state index contributed by atoms with van der Waals surface area (Å²) in [5.41, 5.74) is 4.04. The van der Waals surface area contributed by atoms with Crippen molar-refractivity contribution in [2.24, 2.45) is 5.92 Å². The minimum absolute atomic E-state index is 0.0221. The van der Waals surface area contributed by atoms with Gasteiger partial charge >= 0.3 is 0 Å². The molecule has 2 aliphatic heterocycles. The minimum Gasteiger partial charge on any atom is -0.493 e. The maximum absolute atomic E-state index is 13.6. The number of amides is 2. The fourth-order valence-corrected chi connectivity index (χ4v) is 6.43. The van der Waals surface area contributed by atoms with Crippen molar-refractivity contribution in [3.05, 3.63) is 78.0 Å². The first kappa shape index (κ1) is 33.2. The van der Waals surface area contributed by atoms with Gasteiger partial charge in [-0.25, -0.2) is 9.97 Å². The van der Waals surface area contributed by atoms with Crippen LogP contribution in [-0.4, -0.2) is 105 Å². The van der Waals surface area contributed by atoms with Crippen LogP contribution in [0.2, 0.25) is 0 Å². The van der Waals surface area contributed by atoms with Crippen LogP contribution in [0.4, 0.5) is 5.69 Å². The smallest absolute Gasteiger partial charge is 0.270 e. The van der Waals surface area contributed by atoms with Gasteiger partial charge in [-0.1, -0.05) is 30.3 Å². The first-order chi connectivity index (χ1) is 23.4. The zero-order valence-electron chi connectivity index (χ0n) is 28.1. The molecule has 0 spiro atoms. The van der Waals surface area contributed by atoms with E-state index in [0.29, 0.717) is 34.8 Å². The number of carbonyl (C=O) groups excluding carboxylic acids is 2. The molecule has 2 fully saturated rings. The number of hydrogen-bond donors (Lipinski definition) is 2. The second-order valence-corrected chi connectivity index (χ2v) is 12.5. The number of likely N-dealkylation sites (N-methyl/N-ethyl adjacent to an activating group) is 1. The fourth-order valence-electron chi connectivity index (χ4n) is 6.43. The van der Waals surface area contributed by atoms with Gasteiger partial charge in [0.2, 0.25) is 5.91 Å². The predicted molar refractivity (Wildman–Crippen MR) is 188 cm³/mol. The van der Waals surface area contributed by atoms with Gasteiger partial charge < -0.3 is 29.9 Å². The van der Waals surface area contributed by atoms with Crippen LogP contribution in [-0.2, 0) is 11.3 Å². The number of fused-ring (bicyclic) bond motifs is 1. The second kappa shape index (κ2) is 15.4. The van der Waals surface area contributed by atoms with Gasteiger partial charge in [0.05, 0.1) is 19.7 Å². The highest BCUT2D eigenvalue weighted by Gasteiger charge is 2.25. The monoisotopic (exact) mass is 651 g/mol. The summed E-state index contributed by atoms with van der Waals surface area (Å²) in [4.78, 5) is 43.2. The van der Waals surface area contributed by atoms with Gasteiger partial charge in [-0.2, -0.15) is 0 Å². The maximum Gasteiger partial charge on any atom is 0.270 e. The van der Waals surface area contributed by atoms with Gasteiger partial charge in [-0.05, 0) is 68.9 Å². The number of anilines is 1. The van der Waals surface area contributed by atoms with Crippen molar-refractivity contribution in [1.29, 1.82) is 0 Å². The third-order valence-corrected chi connectivity index (χ3v) is 9.33. The van der Waals surface area contributed by atoms with Gasteiger partial charge in [-0.15, -0.1) is 0 Å². The number of piperazine rings is 1. The Labute approximate surface area is 282 Å². The molecule has 3 heterocycles. The lowest BCUT2D eigenvalue weighted by atomic mass is 9.95. The zero-order valence-corrected chi connectivity index (χ0v) is 28.1. The lowest BCUT2D eigenvalue weighted by Gasteiger charge is -2.34. The molecule has 0 bridgehead atoms. The van der Waals surface area contributed by atoms with Crippen molar-refractivity contribution in [3.63, 3.8) is 0 Å². The Hall–Kier alpha value is -4.74. The summed E-state index contributed by atoms with van der Waals surface area (Å²) in [6, 6.07) is 22.1. The van der Waals surface area contributed by atoms with Crippen LogP contribution < -0.4 is 25.0 Å². The average molecular weight is 652 g/mol. The van der Waals surface area contributed by atoms with Crippen molar-refractivity contribution >= 4 is 28.4 Å². The number of hydrogen-bond acceptors (Lipinski definition) is 9. The molecule has 0 unspecified atom stereocenters. The molecular formula is C37H45N7O4. The highest BCUT2D eigenvalue weighted by molar-refractivity contribution is 6.05. The summed E-state index contributed by atoms with van der Waals surface area (Å²) >= 11 is 0. The van der Waals surface area contributed by atoms with E-state index in [1.54, 1.807) is 26.4 Å². The molecule has 4 aromatic rings. The molecule has 0 saturated carbocycles. The summed E-state index contributed by atoms with van der Waals surface area (Å²) in [7, 11) is 5.26. The number of ether oxygens (including phenoxy) is 2. The number of carbonyl (C=O) groups is 2. The van der Waals surface area contributed by atoms with E-state index in [9.17, 15) is 9.59 Å². The van der Waals surface area contributed by atoms with Gasteiger partial charge in [0.1, 0.15) is 5.69 Å². The Morgan fingerprint density at radius 2 is 1.48 bits per heavy atom. The molecule has 6 rings (SSSR count). The first-order valence-corrected chi connectivity index (χ1v) is 16.7. The second-order valence-electron chi connectivity index (χ2n) is 12.5. The molecule has 11 nitrogen and oxygen atoms in total. The average Bonchev–Trinajstić information content (AvgIpc) is 3.13. The van der Waals surface area contributed by atoms with Crippen molar-refractivity contribution < 1.29 is 19.1 Å². The number of methoxy groups -OCH3 is 2. The van der Waals surface area contributed by atoms with Crippen LogP contribution in [0, 0.1) is 5.92 Å². The van der Waals surface area contributed by atoms with E-state index in [1.807, 2.05) is 18.2 Å². The molecule has 252 valence electrons. The normalized spacial score (nSPS) is 16.1. The van der Waals surface area contributed by atoms with E-state index in [4.69, 9.17) is 19.4 Å². The topological polar surface area (TPSA) is 112 Å². The number of nitrogens with one attached hydrogen (secondary N) is 2. The van der Waals surface area contributed by atoms with E-state index in [-0.39, 0.29) is 30.0 Å². The highest BCUT2D eigenvalue weighted by Crippen LogP contribution is 2.34. The third-order valence-electron chi connectivity index (χ3n) is 9.33. The first-order valence-electron chi connectivity index (χ1n) is 16.7. The molecule has 2 N–H and O–H groups in total. The third kappa shape index (κ3) is 7.86. The van der Waals surface area contributed by atoms with Crippen LogP contribution in [0.15, 0.2) is 66.7 Å². The van der Waals surface area contributed by atoms with Crippen molar-refractivity contribution in [1.82, 2.24) is 30.4 Å². The van der Waals surface area contributed by atoms with Crippen LogP contribution in [0.25, 0.3) is 22.3 Å². The SMILES string of the molecule is COc1cc2nc(-c3ccc(N4CCN(C)CC4)cc3)nc(C(=O)NCCNC(=O)C3CCN(Cc4ccccc4)CC3)c2cc1OC. The molecule has 48 heavy (non-hydrogen) atoms. The molecule has 2 aliphatic rings. The number of benzene rings is 3. The molecule has 0 radical (unpaired) electrons. The Balaban J connectivity index is 1.10. The number of piperidine rings is 1. The summed E-state index contributed by atoms with van der Waals surface area (Å²) in [6.45, 7) is 7.28. The van der Waals surface area contributed by atoms with Crippen molar-refractivity contribution in [2.45, 2.75) is 19.4 Å². The van der Waals surface area contributed by atoms with Crippen LogP contribution in [0.1, 0.15) is 28.9 Å². The van der Waals surface area contributed by atoms with Crippen molar-refractivity contribution in [2.75, 3.05) is 78.5 Å². The molecular weight excluding hydrogens is 606 g/mol. The van der Waals surface area contributed by atoms with Gasteiger partial charge in [-0.3, -0.25) is 14.5 Å². The minimum atomic E-state index is -0.353. The summed E-state index contributed by atoms with van der Waals surface area (Å²) < 4.78 is 11.0. The number of likely N-dealkylation sites (tertiary alicyclic amines) is 1. The Morgan fingerprint density at radius 3 is 2.17 bits per heavy atom. The van der Waals surface area contributed by atoms with E-state index in [2.05, 4.69) is 68.8 Å². The fraction of sp³-hybridized carbons (Fsp3) is 0.405. The van der Waals surface area contributed by atoms with Gasteiger partial charge in [0, 0.05) is 74.4 Å². The quantitative estimate of drug-likeness (QED) is 0.234. The summed E-state index contributed by atoms with van der Waals surface area (Å²) in [5.74, 6) is 1.10. The van der Waals surface area contributed by atoms with E-state index < -0.39 is 0 Å². The number of rotatable bonds is 11. The highest BCUT2D eigenvalue weighted by atomic mass is 16.5. The molecule has 1 aromatic heterocycles. The lowest BCUT2D eigenvalue weighted by Crippen LogP contribution is -2.44. The lowest BCUT2D eigenvalue weighted by molar-refractivity contribution is -0.126. The molecule has 0 aliphatic carbocycles. The molecule has 11 heteroatoms. The van der Waals surface area contributed by atoms with E-state index in [0.717, 1.165) is 69.9 Å². The molecule has 3 aromatic carbocycles. The van der Waals surface area contributed by atoms with Crippen LogP contribution in [0.5, 0.6) is 11.5 Å². The van der Waals surface area contributed by atoms with E-state index in [1.165, 1.54) is 5.56 Å². The zero-order chi connectivity index (χ0) is 33.5. The number of nitrogens with zero attached hydrogens (tertiary/aromatic N) is 5. The maximum atomic E-state index is 13.6. The Bertz CT molecular complexity index is 1700. The van der Waals surface area contributed by atoms with Gasteiger partial charge in [0.25, 0.3) is 5.91 Å². The Morgan fingerprint density at radius 1 is 0.812 bits per heavy atom. The summed E-state index contributed by atoms with van der Waals surface area (Å²) in [5, 5.41) is 6.52. The molecule has 2 amide bonds. The van der Waals surface area contributed by atoms with Crippen LogP contribution >= 0.6 is 0 Å². The summed E-state index contributed by atoms with van der Waals surface area (Å²) in [6.07, 6.45) is 1.64. The van der Waals surface area contributed by atoms with Gasteiger partial charge in [0.15, 0.2) is 17.3 Å². The largest absolute Gasteiger partial charge is 0.493 e. The number of aromatic nitrogens is 2. The predicted octanol–water partition coefficient (Wildman–Crippen LogP) is 3.82. The van der Waals surface area contributed by atoms with Crippen LogP contribution in [0.3, 0.4) is 0 Å². The molecule has 0 atom stereocenters. The molecule has 2 saturated heterocycles. The van der Waals surface area contributed by atoms with E-state index >= 15 is 0 Å². The Kier molecular flexibility index (Phi) is 10.7. The standard InChI is InChI=1S/C37H45N7O4/c1-42-19-21-44(22-20-42)29-11-9-27(10-12-29)35-40-31-24-33(48-3)32(47-2)23-30(31)34(41-35)37(46)39-16-15-38-36(45)28-13-17-43(18-14-28)25-26-7-5-4-6-8-26/h4-12,23-24,28H,13-22,25H2,1-3H3,(H,38,45)(H,39,46). The van der Waals surface area contributed by atoms with Crippen molar-refractivity contribution in [3.8, 4) is 22.9 Å².